The molecule has 0 spiro atoms. The zero-order valence-electron chi connectivity index (χ0n) is 13.0. The van der Waals surface area contributed by atoms with Crippen molar-refractivity contribution in [3.05, 3.63) is 53.1 Å². The van der Waals surface area contributed by atoms with E-state index in [1.54, 1.807) is 0 Å². The van der Waals surface area contributed by atoms with Crippen molar-refractivity contribution in [1.82, 2.24) is 14.9 Å². The summed E-state index contributed by atoms with van der Waals surface area (Å²) in [7, 11) is 0. The van der Waals surface area contributed by atoms with Crippen molar-refractivity contribution in [1.29, 1.82) is 0 Å². The van der Waals surface area contributed by atoms with Gasteiger partial charge in [0.2, 0.25) is 0 Å². The molecule has 0 saturated heterocycles. The SMILES string of the molecule is CCNC(Cn1ccnc1CC)c1ccc(C)c(C)c1. The highest BCUT2D eigenvalue weighted by Crippen LogP contribution is 2.19. The average molecular weight is 271 g/mol. The highest BCUT2D eigenvalue weighted by Gasteiger charge is 2.13. The second-order valence-corrected chi connectivity index (χ2v) is 5.30. The first-order valence-corrected chi connectivity index (χ1v) is 7.46. The molecule has 0 amide bonds. The molecule has 1 aromatic carbocycles. The number of likely N-dealkylation sites (N-methyl/N-ethyl adjacent to an activating group) is 1. The molecule has 0 saturated carbocycles. The number of imidazole rings is 1. The summed E-state index contributed by atoms with van der Waals surface area (Å²) < 4.78 is 2.25. The van der Waals surface area contributed by atoms with Crippen molar-refractivity contribution in [3.8, 4) is 0 Å². The number of aryl methyl sites for hydroxylation is 3. The molecular weight excluding hydrogens is 246 g/mol. The highest BCUT2D eigenvalue weighted by molar-refractivity contribution is 5.31. The fourth-order valence-electron chi connectivity index (χ4n) is 2.53. The Balaban J connectivity index is 2.24. The van der Waals surface area contributed by atoms with Crippen LogP contribution in [0.3, 0.4) is 0 Å². The van der Waals surface area contributed by atoms with Gasteiger partial charge in [-0.3, -0.25) is 0 Å². The third kappa shape index (κ3) is 3.28. The molecule has 0 fully saturated rings. The molecule has 20 heavy (non-hydrogen) atoms. The van der Waals surface area contributed by atoms with Gasteiger partial charge in [0.15, 0.2) is 0 Å². The van der Waals surface area contributed by atoms with E-state index in [4.69, 9.17) is 0 Å². The molecule has 2 rings (SSSR count). The summed E-state index contributed by atoms with van der Waals surface area (Å²) in [5.41, 5.74) is 4.05. The first kappa shape index (κ1) is 14.8. The number of nitrogens with zero attached hydrogens (tertiary/aromatic N) is 2. The van der Waals surface area contributed by atoms with Gasteiger partial charge in [-0.25, -0.2) is 4.98 Å². The lowest BCUT2D eigenvalue weighted by molar-refractivity contribution is 0.465. The summed E-state index contributed by atoms with van der Waals surface area (Å²) in [4.78, 5) is 4.41. The Morgan fingerprint density at radius 2 is 2.00 bits per heavy atom. The fraction of sp³-hybridized carbons (Fsp3) is 0.471. The lowest BCUT2D eigenvalue weighted by Crippen LogP contribution is -2.26. The predicted molar refractivity (Wildman–Crippen MR) is 83.9 cm³/mol. The minimum Gasteiger partial charge on any atom is -0.333 e. The highest BCUT2D eigenvalue weighted by atomic mass is 15.1. The average Bonchev–Trinajstić information content (AvgIpc) is 2.88. The van der Waals surface area contributed by atoms with E-state index in [0.29, 0.717) is 6.04 Å². The summed E-state index contributed by atoms with van der Waals surface area (Å²) in [6.45, 7) is 10.5. The lowest BCUT2D eigenvalue weighted by Gasteiger charge is -2.21. The standard InChI is InChI=1S/C17H25N3/c1-5-17-19-9-10-20(17)12-16(18-6-2)15-8-7-13(3)14(4)11-15/h7-11,16,18H,5-6,12H2,1-4H3. The molecule has 0 bridgehead atoms. The summed E-state index contributed by atoms with van der Waals surface area (Å²) in [6, 6.07) is 7.08. The molecule has 1 unspecified atom stereocenters. The molecule has 1 heterocycles. The molecule has 0 radical (unpaired) electrons. The van der Waals surface area contributed by atoms with Crippen LogP contribution in [0.2, 0.25) is 0 Å². The van der Waals surface area contributed by atoms with Gasteiger partial charge in [0.25, 0.3) is 0 Å². The van der Waals surface area contributed by atoms with Crippen LogP contribution in [-0.4, -0.2) is 16.1 Å². The molecule has 2 aromatic rings. The van der Waals surface area contributed by atoms with Crippen LogP contribution in [0.25, 0.3) is 0 Å². The van der Waals surface area contributed by atoms with Gasteiger partial charge in [0.1, 0.15) is 5.82 Å². The minimum atomic E-state index is 0.332. The van der Waals surface area contributed by atoms with E-state index < -0.39 is 0 Å². The van der Waals surface area contributed by atoms with Gasteiger partial charge < -0.3 is 9.88 Å². The van der Waals surface area contributed by atoms with Crippen molar-refractivity contribution in [2.75, 3.05) is 6.54 Å². The number of benzene rings is 1. The van der Waals surface area contributed by atoms with Gasteiger partial charge >= 0.3 is 0 Å². The van der Waals surface area contributed by atoms with E-state index >= 15 is 0 Å². The largest absolute Gasteiger partial charge is 0.333 e. The van der Waals surface area contributed by atoms with Crippen LogP contribution >= 0.6 is 0 Å². The van der Waals surface area contributed by atoms with Crippen molar-refractivity contribution >= 4 is 0 Å². The van der Waals surface area contributed by atoms with Gasteiger partial charge in [0.05, 0.1) is 6.04 Å². The molecule has 0 aliphatic heterocycles. The molecule has 0 aliphatic carbocycles. The van der Waals surface area contributed by atoms with Crippen molar-refractivity contribution < 1.29 is 0 Å². The Hall–Kier alpha value is -1.61. The van der Waals surface area contributed by atoms with Crippen molar-refractivity contribution in [2.24, 2.45) is 0 Å². The molecule has 1 aromatic heterocycles. The Kier molecular flexibility index (Phi) is 4.96. The minimum absolute atomic E-state index is 0.332. The monoisotopic (exact) mass is 271 g/mol. The zero-order chi connectivity index (χ0) is 14.5. The Morgan fingerprint density at radius 1 is 1.20 bits per heavy atom. The number of rotatable bonds is 6. The van der Waals surface area contributed by atoms with Crippen LogP contribution in [0.5, 0.6) is 0 Å². The topological polar surface area (TPSA) is 29.9 Å². The summed E-state index contributed by atoms with van der Waals surface area (Å²) >= 11 is 0. The molecule has 3 nitrogen and oxygen atoms in total. The van der Waals surface area contributed by atoms with Crippen LogP contribution in [0.15, 0.2) is 30.6 Å². The van der Waals surface area contributed by atoms with Crippen LogP contribution in [-0.2, 0) is 13.0 Å². The Morgan fingerprint density at radius 3 is 2.65 bits per heavy atom. The van der Waals surface area contributed by atoms with E-state index in [-0.39, 0.29) is 0 Å². The van der Waals surface area contributed by atoms with E-state index in [1.807, 2.05) is 6.20 Å². The van der Waals surface area contributed by atoms with E-state index in [2.05, 4.69) is 67.0 Å². The fourth-order valence-corrected chi connectivity index (χ4v) is 2.53. The Bertz CT molecular complexity index is 557. The molecule has 3 heteroatoms. The normalized spacial score (nSPS) is 12.6. The van der Waals surface area contributed by atoms with E-state index in [9.17, 15) is 0 Å². The number of hydrogen-bond donors (Lipinski definition) is 1. The maximum absolute atomic E-state index is 4.41. The summed E-state index contributed by atoms with van der Waals surface area (Å²) in [5, 5.41) is 3.59. The third-order valence-electron chi connectivity index (χ3n) is 3.88. The Labute approximate surface area is 122 Å². The summed E-state index contributed by atoms with van der Waals surface area (Å²) in [5.74, 6) is 1.15. The molecule has 1 atom stereocenters. The van der Waals surface area contributed by atoms with Gasteiger partial charge in [0, 0.05) is 25.4 Å². The van der Waals surface area contributed by atoms with Crippen LogP contribution in [0.1, 0.15) is 42.4 Å². The second kappa shape index (κ2) is 6.71. The van der Waals surface area contributed by atoms with Gasteiger partial charge in [-0.15, -0.1) is 0 Å². The maximum Gasteiger partial charge on any atom is 0.108 e. The third-order valence-corrected chi connectivity index (χ3v) is 3.88. The molecule has 108 valence electrons. The lowest BCUT2D eigenvalue weighted by atomic mass is 10.0. The maximum atomic E-state index is 4.41. The first-order chi connectivity index (χ1) is 9.65. The number of nitrogens with one attached hydrogen (secondary N) is 1. The molecule has 1 N–H and O–H groups in total. The molecule has 0 aliphatic rings. The zero-order valence-corrected chi connectivity index (χ0v) is 13.0. The van der Waals surface area contributed by atoms with Crippen LogP contribution < -0.4 is 5.32 Å². The van der Waals surface area contributed by atoms with Gasteiger partial charge in [-0.05, 0) is 37.1 Å². The second-order valence-electron chi connectivity index (χ2n) is 5.30. The van der Waals surface area contributed by atoms with Crippen molar-refractivity contribution in [2.45, 2.75) is 46.7 Å². The number of hydrogen-bond acceptors (Lipinski definition) is 2. The number of aromatic nitrogens is 2. The smallest absolute Gasteiger partial charge is 0.108 e. The summed E-state index contributed by atoms with van der Waals surface area (Å²) in [6.07, 6.45) is 4.94. The van der Waals surface area contributed by atoms with Crippen LogP contribution in [0, 0.1) is 13.8 Å². The van der Waals surface area contributed by atoms with Crippen molar-refractivity contribution in [3.63, 3.8) is 0 Å². The quantitative estimate of drug-likeness (QED) is 0.872. The first-order valence-electron chi connectivity index (χ1n) is 7.46. The van der Waals surface area contributed by atoms with Gasteiger partial charge in [-0.2, -0.15) is 0 Å². The van der Waals surface area contributed by atoms with Crippen LogP contribution in [0.4, 0.5) is 0 Å². The van der Waals surface area contributed by atoms with E-state index in [0.717, 1.165) is 25.3 Å². The van der Waals surface area contributed by atoms with E-state index in [1.165, 1.54) is 16.7 Å². The predicted octanol–water partition coefficient (Wildman–Crippen LogP) is 3.41. The molecular formula is C17H25N3. The van der Waals surface area contributed by atoms with Gasteiger partial charge in [-0.1, -0.05) is 32.0 Å².